The average Bonchev–Trinajstić information content (AvgIpc) is 2.80. The lowest BCUT2D eigenvalue weighted by Gasteiger charge is -2.05. The summed E-state index contributed by atoms with van der Waals surface area (Å²) >= 11 is 0. The topological polar surface area (TPSA) is 45.8 Å². The predicted octanol–water partition coefficient (Wildman–Crippen LogP) is 4.28. The largest absolute Gasteiger partial charge is 0.340 e. The number of carbonyl (C=O) groups is 1. The molecule has 0 unspecified atom stereocenters. The summed E-state index contributed by atoms with van der Waals surface area (Å²) in [5.41, 5.74) is 3.57. The molecule has 3 rings (SSSR count). The zero-order chi connectivity index (χ0) is 15.0. The van der Waals surface area contributed by atoms with Crippen LogP contribution in [0.3, 0.4) is 0 Å². The summed E-state index contributed by atoms with van der Waals surface area (Å²) in [6.45, 7) is 4.62. The van der Waals surface area contributed by atoms with Crippen molar-refractivity contribution in [3.63, 3.8) is 0 Å². The van der Waals surface area contributed by atoms with Crippen LogP contribution >= 0.6 is 0 Å². The number of aromatic nitrogens is 1. The molecule has 0 aliphatic rings. The van der Waals surface area contributed by atoms with Crippen molar-refractivity contribution in [3.05, 3.63) is 47.5 Å². The molecule has 0 saturated carbocycles. The van der Waals surface area contributed by atoms with Gasteiger partial charge in [0.1, 0.15) is 0 Å². The minimum Gasteiger partial charge on any atom is -0.340 e. The molecule has 3 aromatic rings. The van der Waals surface area contributed by atoms with Crippen LogP contribution in [0.25, 0.3) is 21.8 Å². The third kappa shape index (κ3) is 2.09. The number of Topliss-reactive ketones (excluding diaryl/α,β-unsaturated/α-hetero) is 1. The van der Waals surface area contributed by atoms with Gasteiger partial charge < -0.3 is 4.57 Å². The zero-order valence-corrected chi connectivity index (χ0v) is 12.2. The second kappa shape index (κ2) is 5.06. The average molecular weight is 276 g/mol. The molecular weight excluding hydrogens is 260 g/mol. The monoisotopic (exact) mass is 276 g/mol. The van der Waals surface area contributed by atoms with Crippen LogP contribution in [-0.4, -0.2) is 10.4 Å². The van der Waals surface area contributed by atoms with E-state index in [0.717, 1.165) is 40.3 Å². The minimum absolute atomic E-state index is 0.0712. The Labute approximate surface area is 123 Å². The highest BCUT2D eigenvalue weighted by atomic mass is 16.1. The fraction of sp³-hybridized carbons (Fsp3) is 0.222. The molecule has 0 fully saturated rings. The van der Waals surface area contributed by atoms with Gasteiger partial charge in [-0.2, -0.15) is 5.26 Å². The minimum atomic E-state index is 0.0712. The van der Waals surface area contributed by atoms with E-state index in [1.807, 2.05) is 36.4 Å². The summed E-state index contributed by atoms with van der Waals surface area (Å²) < 4.78 is 2.23. The van der Waals surface area contributed by atoms with E-state index in [4.69, 9.17) is 5.26 Å². The van der Waals surface area contributed by atoms with Gasteiger partial charge >= 0.3 is 0 Å². The molecule has 0 radical (unpaired) electrons. The van der Waals surface area contributed by atoms with Gasteiger partial charge in [0, 0.05) is 28.4 Å². The summed E-state index contributed by atoms with van der Waals surface area (Å²) in [6.07, 6.45) is 1.02. The van der Waals surface area contributed by atoms with E-state index in [-0.39, 0.29) is 5.78 Å². The smallest absolute Gasteiger partial charge is 0.159 e. The van der Waals surface area contributed by atoms with E-state index in [2.05, 4.69) is 17.6 Å². The summed E-state index contributed by atoms with van der Waals surface area (Å²) in [7, 11) is 0. The molecule has 0 bridgehead atoms. The summed E-state index contributed by atoms with van der Waals surface area (Å²) in [4.78, 5) is 11.6. The Kier molecular flexibility index (Phi) is 3.23. The van der Waals surface area contributed by atoms with Gasteiger partial charge in [-0.15, -0.1) is 0 Å². The Balaban J connectivity index is 2.42. The number of nitrogens with zero attached hydrogens (tertiary/aromatic N) is 2. The molecule has 0 atom stereocenters. The van der Waals surface area contributed by atoms with Crippen molar-refractivity contribution >= 4 is 27.6 Å². The van der Waals surface area contributed by atoms with Gasteiger partial charge in [-0.3, -0.25) is 4.79 Å². The molecule has 0 N–H and O–H groups in total. The number of carbonyl (C=O) groups excluding carboxylic acids is 1. The number of ketones is 1. The lowest BCUT2D eigenvalue weighted by Crippen LogP contribution is -1.97. The molecule has 0 saturated heterocycles. The Hall–Kier alpha value is -2.60. The molecule has 0 spiro atoms. The standard InChI is InChI=1S/C18H16N2O/c1-3-8-20-17-7-5-14(12(2)21)10-16(17)15-6-4-13(11-19)9-18(15)20/h4-7,9-10H,3,8H2,1-2H3. The van der Waals surface area contributed by atoms with Crippen LogP contribution < -0.4 is 0 Å². The van der Waals surface area contributed by atoms with Crippen LogP contribution in [0.4, 0.5) is 0 Å². The Morgan fingerprint density at radius 1 is 1.14 bits per heavy atom. The van der Waals surface area contributed by atoms with Gasteiger partial charge in [0.15, 0.2) is 5.78 Å². The normalized spacial score (nSPS) is 10.9. The summed E-state index contributed by atoms with van der Waals surface area (Å²) in [5, 5.41) is 11.3. The third-order valence-electron chi connectivity index (χ3n) is 3.85. The lowest BCUT2D eigenvalue weighted by molar-refractivity contribution is 0.101. The van der Waals surface area contributed by atoms with Crippen molar-refractivity contribution in [2.75, 3.05) is 0 Å². The second-order valence-corrected chi connectivity index (χ2v) is 5.28. The Morgan fingerprint density at radius 3 is 2.62 bits per heavy atom. The molecule has 1 aromatic heterocycles. The molecular formula is C18H16N2O. The van der Waals surface area contributed by atoms with Crippen molar-refractivity contribution in [3.8, 4) is 6.07 Å². The maximum atomic E-state index is 11.6. The van der Waals surface area contributed by atoms with Crippen molar-refractivity contribution in [2.45, 2.75) is 26.8 Å². The SMILES string of the molecule is CCCn1c2ccc(C(C)=O)cc2c2ccc(C#N)cc21. The number of nitriles is 1. The molecule has 104 valence electrons. The first-order valence-corrected chi connectivity index (χ1v) is 7.12. The fourth-order valence-electron chi connectivity index (χ4n) is 2.85. The molecule has 0 aliphatic heterocycles. The lowest BCUT2D eigenvalue weighted by atomic mass is 10.1. The highest BCUT2D eigenvalue weighted by Crippen LogP contribution is 2.30. The Morgan fingerprint density at radius 2 is 1.95 bits per heavy atom. The number of hydrogen-bond donors (Lipinski definition) is 0. The molecule has 2 aromatic carbocycles. The third-order valence-corrected chi connectivity index (χ3v) is 3.85. The first-order valence-electron chi connectivity index (χ1n) is 7.12. The van der Waals surface area contributed by atoms with E-state index < -0.39 is 0 Å². The maximum absolute atomic E-state index is 11.6. The van der Waals surface area contributed by atoms with E-state index in [0.29, 0.717) is 5.56 Å². The van der Waals surface area contributed by atoms with Crippen LogP contribution in [0.2, 0.25) is 0 Å². The quantitative estimate of drug-likeness (QED) is 0.670. The van der Waals surface area contributed by atoms with Crippen LogP contribution in [0.15, 0.2) is 36.4 Å². The van der Waals surface area contributed by atoms with Crippen molar-refractivity contribution < 1.29 is 4.79 Å². The summed E-state index contributed by atoms with van der Waals surface area (Å²) in [6, 6.07) is 13.8. The van der Waals surface area contributed by atoms with E-state index in [1.165, 1.54) is 0 Å². The van der Waals surface area contributed by atoms with E-state index in [9.17, 15) is 4.79 Å². The van der Waals surface area contributed by atoms with Gasteiger partial charge in [0.05, 0.1) is 17.1 Å². The highest BCUT2D eigenvalue weighted by Gasteiger charge is 2.12. The maximum Gasteiger partial charge on any atom is 0.159 e. The first-order chi connectivity index (χ1) is 10.2. The van der Waals surface area contributed by atoms with Crippen molar-refractivity contribution in [1.29, 1.82) is 5.26 Å². The molecule has 0 aliphatic carbocycles. The number of aryl methyl sites for hydroxylation is 1. The van der Waals surface area contributed by atoms with Gasteiger partial charge in [-0.1, -0.05) is 13.0 Å². The van der Waals surface area contributed by atoms with Gasteiger partial charge in [0.2, 0.25) is 0 Å². The molecule has 21 heavy (non-hydrogen) atoms. The predicted molar refractivity (Wildman–Crippen MR) is 84.5 cm³/mol. The van der Waals surface area contributed by atoms with Crippen molar-refractivity contribution in [2.24, 2.45) is 0 Å². The zero-order valence-electron chi connectivity index (χ0n) is 12.2. The first kappa shape index (κ1) is 13.4. The van der Waals surface area contributed by atoms with Gasteiger partial charge in [0.25, 0.3) is 0 Å². The number of rotatable bonds is 3. The fourth-order valence-corrected chi connectivity index (χ4v) is 2.85. The van der Waals surface area contributed by atoms with Crippen LogP contribution in [0.5, 0.6) is 0 Å². The number of fused-ring (bicyclic) bond motifs is 3. The van der Waals surface area contributed by atoms with E-state index >= 15 is 0 Å². The highest BCUT2D eigenvalue weighted by molar-refractivity contribution is 6.10. The van der Waals surface area contributed by atoms with Crippen LogP contribution in [-0.2, 0) is 6.54 Å². The van der Waals surface area contributed by atoms with Gasteiger partial charge in [-0.25, -0.2) is 0 Å². The number of hydrogen-bond acceptors (Lipinski definition) is 2. The molecule has 3 nitrogen and oxygen atoms in total. The van der Waals surface area contributed by atoms with Crippen LogP contribution in [0.1, 0.15) is 36.2 Å². The van der Waals surface area contributed by atoms with E-state index in [1.54, 1.807) is 6.92 Å². The van der Waals surface area contributed by atoms with Crippen molar-refractivity contribution in [1.82, 2.24) is 4.57 Å². The Bertz CT molecular complexity index is 897. The second-order valence-electron chi connectivity index (χ2n) is 5.28. The van der Waals surface area contributed by atoms with Gasteiger partial charge in [-0.05, 0) is 43.7 Å². The van der Waals surface area contributed by atoms with Crippen LogP contribution in [0, 0.1) is 11.3 Å². The number of benzene rings is 2. The molecule has 0 amide bonds. The molecule has 1 heterocycles. The molecule has 3 heteroatoms. The summed E-state index contributed by atoms with van der Waals surface area (Å²) in [5.74, 6) is 0.0712.